The lowest BCUT2D eigenvalue weighted by atomic mass is 10.0. The molecule has 0 aliphatic carbocycles. The zero-order valence-electron chi connectivity index (χ0n) is 19.9. The summed E-state index contributed by atoms with van der Waals surface area (Å²) in [5.41, 5.74) is 0.849. The third-order valence-electron chi connectivity index (χ3n) is 6.17. The topological polar surface area (TPSA) is 32.8 Å². The lowest BCUT2D eigenvalue weighted by Crippen LogP contribution is -2.35. The highest BCUT2D eigenvalue weighted by Crippen LogP contribution is 2.16. The minimum atomic E-state index is 0.184. The first-order valence-electron chi connectivity index (χ1n) is 12.7. The fourth-order valence-electron chi connectivity index (χ4n) is 3.92. The number of ether oxygens (including phenoxy) is 1. The van der Waals surface area contributed by atoms with Crippen LogP contribution >= 0.6 is 0 Å². The number of allylic oxidation sites excluding steroid dienone is 1. The molecule has 0 aromatic carbocycles. The number of nitrogens with zero attached hydrogens (tertiary/aromatic N) is 1. The Balaban J connectivity index is 1.89. The van der Waals surface area contributed by atoms with Crippen molar-refractivity contribution in [3.63, 3.8) is 0 Å². The molecule has 1 atom stereocenters. The van der Waals surface area contributed by atoms with Crippen LogP contribution in [0.1, 0.15) is 124 Å². The predicted molar refractivity (Wildman–Crippen MR) is 125 cm³/mol. The average Bonchev–Trinajstić information content (AvgIpc) is 3.55. The molecular weight excluding hydrogens is 358 g/mol. The van der Waals surface area contributed by atoms with Gasteiger partial charge in [0.05, 0.1) is 12.7 Å². The molecule has 1 aliphatic heterocycles. The maximum atomic E-state index is 12.4. The molecule has 0 bridgehead atoms. The molecule has 29 heavy (non-hydrogen) atoms. The van der Waals surface area contributed by atoms with Crippen molar-refractivity contribution in [3.8, 4) is 0 Å². The maximum Gasteiger partial charge on any atom is 0.249 e. The van der Waals surface area contributed by atoms with E-state index in [0.29, 0.717) is 0 Å². The molecule has 1 saturated heterocycles. The third kappa shape index (κ3) is 14.7. The summed E-state index contributed by atoms with van der Waals surface area (Å²) < 4.78 is 5.32. The average molecular weight is 408 g/mol. The standard InChI is InChI=1S/C26H49NO2/c1-4-6-7-8-9-10-11-12-13-14-15-16-17-18-19-20-21-27(22-25-23-29-25)26(28)24(3)5-2/h5,25H,4,6-23H2,1-3H3. The first-order valence-corrected chi connectivity index (χ1v) is 12.7. The highest BCUT2D eigenvalue weighted by atomic mass is 16.6. The van der Waals surface area contributed by atoms with Crippen LogP contribution in [-0.2, 0) is 9.53 Å². The van der Waals surface area contributed by atoms with Gasteiger partial charge in [0.2, 0.25) is 5.91 Å². The number of amides is 1. The molecule has 0 aromatic rings. The minimum Gasteiger partial charge on any atom is -0.371 e. The smallest absolute Gasteiger partial charge is 0.249 e. The maximum absolute atomic E-state index is 12.4. The molecule has 1 amide bonds. The quantitative estimate of drug-likeness (QED) is 0.119. The summed E-state index contributed by atoms with van der Waals surface area (Å²) in [5.74, 6) is 0.184. The van der Waals surface area contributed by atoms with Crippen LogP contribution in [-0.4, -0.2) is 36.6 Å². The molecule has 1 aliphatic rings. The lowest BCUT2D eigenvalue weighted by molar-refractivity contribution is -0.127. The summed E-state index contributed by atoms with van der Waals surface area (Å²) >= 11 is 0. The molecule has 3 heteroatoms. The van der Waals surface area contributed by atoms with Gasteiger partial charge in [0.1, 0.15) is 0 Å². The number of epoxide rings is 1. The largest absolute Gasteiger partial charge is 0.371 e. The molecule has 170 valence electrons. The molecule has 0 radical (unpaired) electrons. The highest BCUT2D eigenvalue weighted by molar-refractivity contribution is 5.92. The van der Waals surface area contributed by atoms with E-state index in [0.717, 1.165) is 31.7 Å². The van der Waals surface area contributed by atoms with Gasteiger partial charge in [0.15, 0.2) is 0 Å². The van der Waals surface area contributed by atoms with Gasteiger partial charge in [0.25, 0.3) is 0 Å². The van der Waals surface area contributed by atoms with Crippen molar-refractivity contribution in [1.29, 1.82) is 0 Å². The van der Waals surface area contributed by atoms with E-state index in [1.54, 1.807) is 0 Å². The summed E-state index contributed by atoms with van der Waals surface area (Å²) in [6, 6.07) is 0. The summed E-state index contributed by atoms with van der Waals surface area (Å²) in [6.07, 6.45) is 24.3. The van der Waals surface area contributed by atoms with Gasteiger partial charge in [-0.05, 0) is 20.3 Å². The Morgan fingerprint density at radius 2 is 1.24 bits per heavy atom. The van der Waals surface area contributed by atoms with Crippen LogP contribution in [0.15, 0.2) is 11.6 Å². The van der Waals surface area contributed by atoms with Gasteiger partial charge in [-0.15, -0.1) is 0 Å². The van der Waals surface area contributed by atoms with Crippen molar-refractivity contribution < 1.29 is 9.53 Å². The Hall–Kier alpha value is -0.830. The second kappa shape index (κ2) is 18.0. The monoisotopic (exact) mass is 407 g/mol. The molecule has 1 rings (SSSR count). The van der Waals surface area contributed by atoms with Crippen molar-refractivity contribution in [2.45, 2.75) is 130 Å². The van der Waals surface area contributed by atoms with E-state index >= 15 is 0 Å². The van der Waals surface area contributed by atoms with Gasteiger partial charge in [-0.3, -0.25) is 4.79 Å². The fraction of sp³-hybridized carbons (Fsp3) is 0.885. The van der Waals surface area contributed by atoms with Crippen LogP contribution < -0.4 is 0 Å². The van der Waals surface area contributed by atoms with E-state index in [9.17, 15) is 4.79 Å². The number of carbonyl (C=O) groups excluding carboxylic acids is 1. The minimum absolute atomic E-state index is 0.184. The molecule has 0 aromatic heterocycles. The summed E-state index contributed by atoms with van der Waals surface area (Å²) in [7, 11) is 0. The molecule has 1 fully saturated rings. The molecule has 0 N–H and O–H groups in total. The van der Waals surface area contributed by atoms with Crippen molar-refractivity contribution in [3.05, 3.63) is 11.6 Å². The van der Waals surface area contributed by atoms with Gasteiger partial charge in [0, 0.05) is 18.7 Å². The van der Waals surface area contributed by atoms with E-state index in [1.807, 2.05) is 24.8 Å². The number of carbonyl (C=O) groups is 1. The number of unbranched alkanes of at least 4 members (excludes halogenated alkanes) is 15. The van der Waals surface area contributed by atoms with Crippen LogP contribution in [0.2, 0.25) is 0 Å². The highest BCUT2D eigenvalue weighted by Gasteiger charge is 2.27. The van der Waals surface area contributed by atoms with Gasteiger partial charge >= 0.3 is 0 Å². The van der Waals surface area contributed by atoms with Crippen LogP contribution in [0.4, 0.5) is 0 Å². The number of rotatable bonds is 20. The second-order valence-electron chi connectivity index (χ2n) is 8.98. The van der Waals surface area contributed by atoms with E-state index in [2.05, 4.69) is 6.92 Å². The van der Waals surface area contributed by atoms with Crippen molar-refractivity contribution in [2.24, 2.45) is 0 Å². The van der Waals surface area contributed by atoms with Crippen LogP contribution in [0.3, 0.4) is 0 Å². The second-order valence-corrected chi connectivity index (χ2v) is 8.98. The molecule has 1 unspecified atom stereocenters. The van der Waals surface area contributed by atoms with Gasteiger partial charge in [-0.1, -0.05) is 109 Å². The lowest BCUT2D eigenvalue weighted by Gasteiger charge is -2.22. The van der Waals surface area contributed by atoms with E-state index in [1.165, 1.54) is 96.3 Å². The summed E-state index contributed by atoms with van der Waals surface area (Å²) in [6.45, 7) is 8.60. The zero-order chi connectivity index (χ0) is 21.2. The first-order chi connectivity index (χ1) is 14.2. The zero-order valence-corrected chi connectivity index (χ0v) is 19.9. The molecule has 3 nitrogen and oxygen atoms in total. The Morgan fingerprint density at radius 1 is 0.828 bits per heavy atom. The molecule has 0 spiro atoms. The third-order valence-corrected chi connectivity index (χ3v) is 6.17. The molecule has 0 saturated carbocycles. The van der Waals surface area contributed by atoms with Crippen LogP contribution in [0, 0.1) is 0 Å². The Morgan fingerprint density at radius 3 is 1.62 bits per heavy atom. The first kappa shape index (κ1) is 26.2. The normalized spacial score (nSPS) is 16.2. The Bertz CT molecular complexity index is 428. The van der Waals surface area contributed by atoms with E-state index in [-0.39, 0.29) is 12.0 Å². The van der Waals surface area contributed by atoms with E-state index in [4.69, 9.17) is 4.74 Å². The van der Waals surface area contributed by atoms with Gasteiger partial charge in [-0.2, -0.15) is 0 Å². The number of hydrogen-bond donors (Lipinski definition) is 0. The molecular formula is C26H49NO2. The summed E-state index contributed by atoms with van der Waals surface area (Å²) in [4.78, 5) is 14.4. The summed E-state index contributed by atoms with van der Waals surface area (Å²) in [5, 5.41) is 0. The van der Waals surface area contributed by atoms with Gasteiger partial charge in [-0.25, -0.2) is 0 Å². The van der Waals surface area contributed by atoms with Crippen LogP contribution in [0.5, 0.6) is 0 Å². The predicted octanol–water partition coefficient (Wildman–Crippen LogP) is 7.44. The van der Waals surface area contributed by atoms with Crippen LogP contribution in [0.25, 0.3) is 0 Å². The van der Waals surface area contributed by atoms with E-state index < -0.39 is 0 Å². The molecule has 1 heterocycles. The van der Waals surface area contributed by atoms with Gasteiger partial charge < -0.3 is 9.64 Å². The van der Waals surface area contributed by atoms with Crippen molar-refractivity contribution >= 4 is 5.91 Å². The fourth-order valence-corrected chi connectivity index (χ4v) is 3.92. The Kier molecular flexibility index (Phi) is 16.2. The van der Waals surface area contributed by atoms with Crippen molar-refractivity contribution in [2.75, 3.05) is 19.7 Å². The Labute approximate surface area is 181 Å². The van der Waals surface area contributed by atoms with Crippen molar-refractivity contribution in [1.82, 2.24) is 4.90 Å². The number of hydrogen-bond acceptors (Lipinski definition) is 2. The SMILES string of the molecule is CC=C(C)C(=O)N(CCCCCCCCCCCCCCCCCC)CC1CO1.